The number of ether oxygens (including phenoxy) is 2. The second-order valence-corrected chi connectivity index (χ2v) is 11.7. The molecule has 0 aromatic carbocycles. The second kappa shape index (κ2) is 9.33. The van der Waals surface area contributed by atoms with E-state index in [1.165, 1.54) is 5.57 Å². The maximum absolute atomic E-state index is 14.0. The highest BCUT2D eigenvalue weighted by molar-refractivity contribution is 7.11. The van der Waals surface area contributed by atoms with Gasteiger partial charge in [0, 0.05) is 35.6 Å². The predicted molar refractivity (Wildman–Crippen MR) is 131 cm³/mol. The molecule has 3 aliphatic rings. The van der Waals surface area contributed by atoms with Crippen molar-refractivity contribution in [3.63, 3.8) is 0 Å². The van der Waals surface area contributed by atoms with Crippen molar-refractivity contribution in [2.45, 2.75) is 85.0 Å². The van der Waals surface area contributed by atoms with E-state index in [2.05, 4.69) is 68.9 Å². The molecular formula is C27H37NO3S. The van der Waals surface area contributed by atoms with Gasteiger partial charge in [-0.2, -0.15) is 0 Å². The van der Waals surface area contributed by atoms with E-state index in [-0.39, 0.29) is 23.3 Å². The molecule has 4 nitrogen and oxygen atoms in total. The van der Waals surface area contributed by atoms with Crippen molar-refractivity contribution in [1.29, 1.82) is 0 Å². The van der Waals surface area contributed by atoms with Crippen molar-refractivity contribution in [2.75, 3.05) is 18.1 Å². The predicted octanol–water partition coefficient (Wildman–Crippen LogP) is 6.16. The molecule has 2 aliphatic carbocycles. The van der Waals surface area contributed by atoms with E-state index in [9.17, 15) is 4.79 Å². The summed E-state index contributed by atoms with van der Waals surface area (Å²) >= 11 is 1.64. The van der Waals surface area contributed by atoms with Crippen LogP contribution in [0.1, 0.15) is 78.0 Å². The first-order valence-corrected chi connectivity index (χ1v) is 12.9. The smallest absolute Gasteiger partial charge is 0.230 e. The zero-order chi connectivity index (χ0) is 22.9. The van der Waals surface area contributed by atoms with E-state index < -0.39 is 5.79 Å². The fourth-order valence-electron chi connectivity index (χ4n) is 5.19. The Kier molecular flexibility index (Phi) is 6.86. The van der Waals surface area contributed by atoms with Crippen LogP contribution in [0.4, 0.5) is 5.69 Å². The number of carbonyl (C=O) groups is 1. The number of anilines is 1. The maximum atomic E-state index is 14.0. The van der Waals surface area contributed by atoms with Gasteiger partial charge in [-0.15, -0.1) is 11.3 Å². The molecule has 0 radical (unpaired) electrons. The van der Waals surface area contributed by atoms with Crippen LogP contribution < -0.4 is 4.90 Å². The minimum atomic E-state index is -0.415. The molecule has 4 rings (SSSR count). The van der Waals surface area contributed by atoms with Crippen molar-refractivity contribution in [1.82, 2.24) is 0 Å². The Morgan fingerprint density at radius 1 is 1.22 bits per heavy atom. The Balaban J connectivity index is 1.59. The summed E-state index contributed by atoms with van der Waals surface area (Å²) in [6.07, 6.45) is 7.60. The summed E-state index contributed by atoms with van der Waals surface area (Å²) in [7, 11) is 0. The van der Waals surface area contributed by atoms with E-state index in [4.69, 9.17) is 9.47 Å². The molecular weight excluding hydrogens is 418 g/mol. The lowest BCUT2D eigenvalue weighted by Gasteiger charge is -2.42. The Bertz CT molecular complexity index is 913. The fraction of sp³-hybridized carbons (Fsp3) is 0.667. The third-order valence-corrected chi connectivity index (χ3v) is 7.76. The van der Waals surface area contributed by atoms with Gasteiger partial charge in [-0.3, -0.25) is 4.79 Å². The average Bonchev–Trinajstić information content (AvgIpc) is 3.38. The van der Waals surface area contributed by atoms with Crippen molar-refractivity contribution in [3.8, 4) is 11.8 Å². The van der Waals surface area contributed by atoms with Crippen LogP contribution in [0.3, 0.4) is 0 Å². The lowest BCUT2D eigenvalue weighted by molar-refractivity contribution is -0.179. The van der Waals surface area contributed by atoms with E-state index >= 15 is 0 Å². The van der Waals surface area contributed by atoms with Crippen molar-refractivity contribution in [3.05, 3.63) is 28.0 Å². The lowest BCUT2D eigenvalue weighted by Crippen LogP contribution is -2.49. The monoisotopic (exact) mass is 455 g/mol. The topological polar surface area (TPSA) is 38.8 Å². The third kappa shape index (κ3) is 5.30. The standard InChI is InChI=1S/C27H37NO3S/c1-19-6-7-24(20(2)16-19)25(29)28(21-8-12-27(13-9-21)30-14-15-31-27)22-17-23(32-18-22)10-11-26(3,4)5/h6,17-18,20-21,24H,7-9,12-16H2,1-5H3/t20-,24?/m0/s1. The average molecular weight is 456 g/mol. The molecule has 1 aromatic heterocycles. The molecule has 2 heterocycles. The van der Waals surface area contributed by atoms with Gasteiger partial charge >= 0.3 is 0 Å². The summed E-state index contributed by atoms with van der Waals surface area (Å²) in [4.78, 5) is 17.1. The first-order valence-electron chi connectivity index (χ1n) is 12.0. The van der Waals surface area contributed by atoms with Crippen molar-refractivity contribution < 1.29 is 14.3 Å². The highest BCUT2D eigenvalue weighted by Crippen LogP contribution is 2.41. The van der Waals surface area contributed by atoms with Gasteiger partial charge in [0.2, 0.25) is 5.91 Å². The molecule has 1 aromatic rings. The van der Waals surface area contributed by atoms with Gasteiger partial charge < -0.3 is 14.4 Å². The van der Waals surface area contributed by atoms with Crippen LogP contribution in [0.15, 0.2) is 23.1 Å². The van der Waals surface area contributed by atoms with Crippen LogP contribution in [0.5, 0.6) is 0 Å². The summed E-state index contributed by atoms with van der Waals surface area (Å²) in [6, 6.07) is 2.29. The number of hydrogen-bond donors (Lipinski definition) is 0. The number of allylic oxidation sites excluding steroid dienone is 2. The van der Waals surface area contributed by atoms with Crippen molar-refractivity contribution >= 4 is 22.9 Å². The van der Waals surface area contributed by atoms with E-state index in [0.717, 1.165) is 49.1 Å². The Labute approximate surface area is 197 Å². The molecule has 32 heavy (non-hydrogen) atoms. The van der Waals surface area contributed by atoms with Gasteiger partial charge in [-0.05, 0) is 65.4 Å². The number of amides is 1. The molecule has 2 fully saturated rings. The number of hydrogen-bond acceptors (Lipinski definition) is 4. The minimum absolute atomic E-state index is 0.0394. The molecule has 174 valence electrons. The quantitative estimate of drug-likeness (QED) is 0.405. The van der Waals surface area contributed by atoms with Crippen LogP contribution in [0.2, 0.25) is 0 Å². The summed E-state index contributed by atoms with van der Waals surface area (Å²) in [5.41, 5.74) is 2.37. The highest BCUT2D eigenvalue weighted by Gasteiger charge is 2.44. The molecule has 0 bridgehead atoms. The fourth-order valence-corrected chi connectivity index (χ4v) is 5.92. The first-order chi connectivity index (χ1) is 15.2. The van der Waals surface area contributed by atoms with Crippen LogP contribution in [-0.2, 0) is 14.3 Å². The van der Waals surface area contributed by atoms with Gasteiger partial charge in [0.25, 0.3) is 0 Å². The van der Waals surface area contributed by atoms with Gasteiger partial charge in [0.05, 0.1) is 23.8 Å². The zero-order valence-electron chi connectivity index (χ0n) is 20.2. The number of rotatable bonds is 3. The van der Waals surface area contributed by atoms with Gasteiger partial charge in [-0.1, -0.05) is 30.4 Å². The SMILES string of the molecule is CC1=CCC(C(=O)N(c2csc(C#CC(C)(C)C)c2)C2CCC3(CC2)OCCO3)[C@@H](C)C1. The molecule has 0 N–H and O–H groups in total. The zero-order valence-corrected chi connectivity index (χ0v) is 21.0. The summed E-state index contributed by atoms with van der Waals surface area (Å²) in [5, 5.41) is 2.12. The minimum Gasteiger partial charge on any atom is -0.348 e. The number of thiophene rings is 1. The molecule has 2 atom stereocenters. The third-order valence-electron chi connectivity index (χ3n) is 6.93. The lowest BCUT2D eigenvalue weighted by atomic mass is 9.79. The molecule has 1 saturated heterocycles. The van der Waals surface area contributed by atoms with Gasteiger partial charge in [0.1, 0.15) is 0 Å². The summed E-state index contributed by atoms with van der Waals surface area (Å²) in [6.45, 7) is 12.1. The summed E-state index contributed by atoms with van der Waals surface area (Å²) in [5.74, 6) is 6.90. The number of carbonyl (C=O) groups excluding carboxylic acids is 1. The highest BCUT2D eigenvalue weighted by atomic mass is 32.1. The van der Waals surface area contributed by atoms with Crippen LogP contribution in [0, 0.1) is 29.1 Å². The molecule has 1 saturated carbocycles. The van der Waals surface area contributed by atoms with Crippen LogP contribution in [0.25, 0.3) is 0 Å². The normalized spacial score (nSPS) is 25.8. The first kappa shape index (κ1) is 23.5. The Hall–Kier alpha value is -1.61. The molecule has 1 spiro atoms. The maximum Gasteiger partial charge on any atom is 0.230 e. The van der Waals surface area contributed by atoms with Crippen LogP contribution >= 0.6 is 11.3 Å². The second-order valence-electron chi connectivity index (χ2n) is 10.8. The largest absolute Gasteiger partial charge is 0.348 e. The van der Waals surface area contributed by atoms with E-state index in [1.54, 1.807) is 11.3 Å². The number of nitrogens with zero attached hydrogens (tertiary/aromatic N) is 1. The molecule has 1 unspecified atom stereocenters. The van der Waals surface area contributed by atoms with Crippen molar-refractivity contribution in [2.24, 2.45) is 17.3 Å². The van der Waals surface area contributed by atoms with Crippen LogP contribution in [-0.4, -0.2) is 30.9 Å². The van der Waals surface area contributed by atoms with E-state index in [0.29, 0.717) is 19.1 Å². The van der Waals surface area contributed by atoms with E-state index in [1.807, 2.05) is 0 Å². The van der Waals surface area contributed by atoms with Gasteiger partial charge in [0.15, 0.2) is 5.79 Å². The summed E-state index contributed by atoms with van der Waals surface area (Å²) < 4.78 is 11.9. The van der Waals surface area contributed by atoms with Gasteiger partial charge in [-0.25, -0.2) is 0 Å². The Morgan fingerprint density at radius 3 is 2.53 bits per heavy atom. The molecule has 1 amide bonds. The Morgan fingerprint density at radius 2 is 1.91 bits per heavy atom. The molecule has 1 aliphatic heterocycles. The molecule has 5 heteroatoms.